The minimum atomic E-state index is 0.425. The number of nitrogens with zero attached hydrogens (tertiary/aromatic N) is 1. The average Bonchev–Trinajstić information content (AvgIpc) is 2.84. The molecule has 0 aromatic carbocycles. The summed E-state index contributed by atoms with van der Waals surface area (Å²) < 4.78 is 11.1. The number of ether oxygens (including phenoxy) is 2. The highest BCUT2D eigenvalue weighted by molar-refractivity contribution is 4.82. The predicted octanol–water partition coefficient (Wildman–Crippen LogP) is 0.851. The van der Waals surface area contributed by atoms with E-state index in [1.807, 2.05) is 0 Å². The van der Waals surface area contributed by atoms with Crippen molar-refractivity contribution in [1.82, 2.24) is 4.90 Å². The van der Waals surface area contributed by atoms with E-state index in [9.17, 15) is 0 Å². The van der Waals surface area contributed by atoms with Crippen LogP contribution in [0.25, 0.3) is 0 Å². The molecule has 2 unspecified atom stereocenters. The highest BCUT2D eigenvalue weighted by atomic mass is 16.5. The summed E-state index contributed by atoms with van der Waals surface area (Å²) in [6.07, 6.45) is 5.14. The Balaban J connectivity index is 1.82. The lowest BCUT2D eigenvalue weighted by molar-refractivity contribution is 0.0163. The molecule has 0 aromatic heterocycles. The van der Waals surface area contributed by atoms with Crippen LogP contribution in [-0.2, 0) is 9.47 Å². The van der Waals surface area contributed by atoms with Crippen LogP contribution in [0, 0.1) is 5.92 Å². The van der Waals surface area contributed by atoms with E-state index in [-0.39, 0.29) is 0 Å². The zero-order valence-corrected chi connectivity index (χ0v) is 10.9. The lowest BCUT2D eigenvalue weighted by atomic mass is 9.90. The van der Waals surface area contributed by atoms with E-state index in [2.05, 4.69) is 11.9 Å². The zero-order valence-electron chi connectivity index (χ0n) is 10.9. The molecule has 0 spiro atoms. The van der Waals surface area contributed by atoms with Gasteiger partial charge in [0.2, 0.25) is 0 Å². The van der Waals surface area contributed by atoms with Gasteiger partial charge in [-0.15, -0.1) is 0 Å². The molecule has 100 valence electrons. The van der Waals surface area contributed by atoms with E-state index in [4.69, 9.17) is 15.2 Å². The van der Waals surface area contributed by atoms with Crippen LogP contribution in [0.1, 0.15) is 25.7 Å². The first-order chi connectivity index (χ1) is 8.31. The van der Waals surface area contributed by atoms with E-state index < -0.39 is 0 Å². The van der Waals surface area contributed by atoms with E-state index in [1.165, 1.54) is 12.8 Å². The maximum absolute atomic E-state index is 5.96. The van der Waals surface area contributed by atoms with Crippen molar-refractivity contribution in [3.8, 4) is 0 Å². The smallest absolute Gasteiger partial charge is 0.0702 e. The molecule has 2 saturated heterocycles. The molecule has 0 aliphatic carbocycles. The molecular weight excluding hydrogens is 216 g/mol. The van der Waals surface area contributed by atoms with Gasteiger partial charge in [-0.05, 0) is 38.6 Å². The lowest BCUT2D eigenvalue weighted by Crippen LogP contribution is -2.47. The summed E-state index contributed by atoms with van der Waals surface area (Å²) in [5, 5.41) is 0. The van der Waals surface area contributed by atoms with Crippen LogP contribution < -0.4 is 5.73 Å². The first-order valence-corrected chi connectivity index (χ1v) is 6.91. The van der Waals surface area contributed by atoms with Crippen LogP contribution in [0.4, 0.5) is 0 Å². The zero-order chi connectivity index (χ0) is 12.1. The summed E-state index contributed by atoms with van der Waals surface area (Å²) in [5.41, 5.74) is 5.96. The Morgan fingerprint density at radius 1 is 1.24 bits per heavy atom. The molecule has 2 rings (SSSR count). The second-order valence-electron chi connectivity index (χ2n) is 5.33. The Labute approximate surface area is 104 Å². The maximum atomic E-state index is 5.96. The fourth-order valence-electron chi connectivity index (χ4n) is 3.08. The minimum Gasteiger partial charge on any atom is -0.381 e. The van der Waals surface area contributed by atoms with Crippen molar-refractivity contribution in [2.75, 3.05) is 40.0 Å². The molecule has 0 aromatic rings. The number of nitrogens with two attached hydrogens (primary N) is 1. The van der Waals surface area contributed by atoms with Crippen molar-refractivity contribution >= 4 is 0 Å². The van der Waals surface area contributed by atoms with Gasteiger partial charge in [-0.1, -0.05) is 0 Å². The van der Waals surface area contributed by atoms with Gasteiger partial charge in [0, 0.05) is 39.0 Å². The van der Waals surface area contributed by atoms with Crippen LogP contribution >= 0.6 is 0 Å². The Bertz CT molecular complexity index is 213. The van der Waals surface area contributed by atoms with Crippen LogP contribution in [0.3, 0.4) is 0 Å². The summed E-state index contributed by atoms with van der Waals surface area (Å²) in [4.78, 5) is 2.41. The second kappa shape index (κ2) is 6.69. The Hall–Kier alpha value is -0.160. The topological polar surface area (TPSA) is 47.7 Å². The van der Waals surface area contributed by atoms with Gasteiger partial charge in [0.15, 0.2) is 0 Å². The largest absolute Gasteiger partial charge is 0.381 e. The molecule has 4 nitrogen and oxygen atoms in total. The summed E-state index contributed by atoms with van der Waals surface area (Å²) in [6, 6.07) is 0.489. The Kier molecular flexibility index (Phi) is 5.22. The highest BCUT2D eigenvalue weighted by Gasteiger charge is 2.28. The van der Waals surface area contributed by atoms with Crippen LogP contribution in [0.5, 0.6) is 0 Å². The van der Waals surface area contributed by atoms with Crippen molar-refractivity contribution in [3.63, 3.8) is 0 Å². The molecule has 2 N–H and O–H groups in total. The molecule has 0 radical (unpaired) electrons. The fraction of sp³-hybridized carbons (Fsp3) is 1.00. The van der Waals surface area contributed by atoms with Gasteiger partial charge in [0.25, 0.3) is 0 Å². The van der Waals surface area contributed by atoms with E-state index in [0.717, 1.165) is 45.8 Å². The lowest BCUT2D eigenvalue weighted by Gasteiger charge is -2.36. The van der Waals surface area contributed by atoms with Gasteiger partial charge in [0.05, 0.1) is 6.10 Å². The monoisotopic (exact) mass is 242 g/mol. The summed E-state index contributed by atoms with van der Waals surface area (Å²) >= 11 is 0. The minimum absolute atomic E-state index is 0.425. The molecule has 4 heteroatoms. The third kappa shape index (κ3) is 3.65. The molecule has 0 bridgehead atoms. The molecule has 2 aliphatic rings. The van der Waals surface area contributed by atoms with Crippen LogP contribution in [0.2, 0.25) is 0 Å². The number of hydrogen-bond donors (Lipinski definition) is 1. The molecule has 2 aliphatic heterocycles. The van der Waals surface area contributed by atoms with Crippen LogP contribution in [-0.4, -0.2) is 57.0 Å². The van der Waals surface area contributed by atoms with Crippen LogP contribution in [0.15, 0.2) is 0 Å². The quantitative estimate of drug-likeness (QED) is 0.776. The molecule has 2 fully saturated rings. The molecule has 2 atom stereocenters. The van der Waals surface area contributed by atoms with Crippen molar-refractivity contribution in [3.05, 3.63) is 0 Å². The van der Waals surface area contributed by atoms with Gasteiger partial charge in [-0.3, -0.25) is 4.90 Å². The molecular formula is C13H26N2O2. The van der Waals surface area contributed by atoms with Gasteiger partial charge < -0.3 is 15.2 Å². The first-order valence-electron chi connectivity index (χ1n) is 6.91. The van der Waals surface area contributed by atoms with E-state index in [1.54, 1.807) is 0 Å². The molecule has 2 heterocycles. The normalized spacial score (nSPS) is 28.8. The van der Waals surface area contributed by atoms with Crippen molar-refractivity contribution < 1.29 is 9.47 Å². The number of rotatable bonds is 5. The molecule has 0 amide bonds. The predicted molar refractivity (Wildman–Crippen MR) is 68.0 cm³/mol. The second-order valence-corrected chi connectivity index (χ2v) is 5.33. The third-order valence-electron chi connectivity index (χ3n) is 4.13. The summed E-state index contributed by atoms with van der Waals surface area (Å²) in [7, 11) is 2.19. The average molecular weight is 242 g/mol. The Morgan fingerprint density at radius 3 is 2.59 bits per heavy atom. The highest BCUT2D eigenvalue weighted by Crippen LogP contribution is 2.23. The first kappa shape index (κ1) is 13.3. The number of hydrogen-bond acceptors (Lipinski definition) is 4. The van der Waals surface area contributed by atoms with E-state index in [0.29, 0.717) is 18.1 Å². The maximum Gasteiger partial charge on any atom is 0.0702 e. The summed E-state index contributed by atoms with van der Waals surface area (Å²) in [5.74, 6) is 0.695. The van der Waals surface area contributed by atoms with Crippen molar-refractivity contribution in [1.29, 1.82) is 0 Å². The summed E-state index contributed by atoms with van der Waals surface area (Å²) in [6.45, 7) is 4.50. The Morgan fingerprint density at radius 2 is 2.00 bits per heavy atom. The number of likely N-dealkylation sites (N-methyl/N-ethyl adjacent to an activating group) is 1. The molecule has 17 heavy (non-hydrogen) atoms. The third-order valence-corrected chi connectivity index (χ3v) is 4.13. The fourth-order valence-corrected chi connectivity index (χ4v) is 3.08. The van der Waals surface area contributed by atoms with E-state index >= 15 is 0 Å². The van der Waals surface area contributed by atoms with Crippen molar-refractivity contribution in [2.24, 2.45) is 11.7 Å². The molecule has 0 saturated carbocycles. The van der Waals surface area contributed by atoms with Gasteiger partial charge in [-0.25, -0.2) is 0 Å². The standard InChI is InChI=1S/C13H26N2O2/c1-15(10-12-3-2-6-17-12)13(9-14)11-4-7-16-8-5-11/h11-13H,2-10,14H2,1H3. The van der Waals surface area contributed by atoms with Gasteiger partial charge >= 0.3 is 0 Å². The SMILES string of the molecule is CN(CC1CCCO1)C(CN)C1CCOCC1. The van der Waals surface area contributed by atoms with Gasteiger partial charge in [-0.2, -0.15) is 0 Å². The van der Waals surface area contributed by atoms with Gasteiger partial charge in [0.1, 0.15) is 0 Å². The van der Waals surface area contributed by atoms with Crippen molar-refractivity contribution in [2.45, 2.75) is 37.8 Å².